The summed E-state index contributed by atoms with van der Waals surface area (Å²) in [6, 6.07) is 61.1. The molecule has 1 aromatic heterocycles. The van der Waals surface area contributed by atoms with E-state index in [-0.39, 0.29) is 0 Å². The molecule has 7 rings (SSSR count). The van der Waals surface area contributed by atoms with Crippen LogP contribution in [0.25, 0.3) is 22.4 Å². The predicted molar refractivity (Wildman–Crippen MR) is 189 cm³/mol. The third kappa shape index (κ3) is 5.74. The lowest BCUT2D eigenvalue weighted by atomic mass is 10.0. The van der Waals surface area contributed by atoms with Gasteiger partial charge in [-0.25, -0.2) is 0 Å². The average molecular weight is 599 g/mol. The number of hydrogen-bond donors (Lipinski definition) is 0. The van der Waals surface area contributed by atoms with Crippen molar-refractivity contribution in [1.29, 1.82) is 0 Å². The quantitative estimate of drug-likeness (QED) is 0.163. The summed E-state index contributed by atoms with van der Waals surface area (Å²) in [6.07, 6.45) is 1.84. The molecule has 0 aliphatic heterocycles. The minimum Gasteiger partial charge on any atom is -0.311 e. The van der Waals surface area contributed by atoms with Crippen LogP contribution in [-0.4, -0.2) is 4.98 Å². The van der Waals surface area contributed by atoms with E-state index in [0.29, 0.717) is 0 Å². The van der Waals surface area contributed by atoms with Crippen LogP contribution in [0.3, 0.4) is 0 Å². The second kappa shape index (κ2) is 12.6. The Kier molecular flexibility index (Phi) is 7.93. The van der Waals surface area contributed by atoms with Crippen LogP contribution in [0.1, 0.15) is 0 Å². The van der Waals surface area contributed by atoms with Gasteiger partial charge in [0.25, 0.3) is 0 Å². The number of benzene rings is 6. The number of rotatable bonds is 8. The number of para-hydroxylation sites is 2. The van der Waals surface area contributed by atoms with Crippen molar-refractivity contribution in [3.8, 4) is 22.4 Å². The zero-order valence-electron chi connectivity index (χ0n) is 24.6. The highest BCUT2D eigenvalue weighted by Crippen LogP contribution is 2.44. The van der Waals surface area contributed by atoms with E-state index in [1.54, 1.807) is 0 Å². The van der Waals surface area contributed by atoms with Crippen LogP contribution in [0.5, 0.6) is 0 Å². The van der Waals surface area contributed by atoms with Gasteiger partial charge >= 0.3 is 0 Å². The maximum Gasteiger partial charge on any atom is 0.171 e. The zero-order chi connectivity index (χ0) is 30.5. The second-order valence-electron chi connectivity index (χ2n) is 10.8. The Morgan fingerprint density at radius 2 is 0.844 bits per heavy atom. The van der Waals surface area contributed by atoms with Gasteiger partial charge in [-0.15, -0.1) is 0 Å². The summed E-state index contributed by atoms with van der Waals surface area (Å²) in [5.41, 5.74) is 7.23. The molecule has 0 amide bonds. The van der Waals surface area contributed by atoms with E-state index in [9.17, 15) is 0 Å². The monoisotopic (exact) mass is 598 g/mol. The molecule has 0 N–H and O–H groups in total. The fraction of sp³-hybridized carbons (Fsp3) is 0. The number of nitrogens with zero attached hydrogens (tertiary/aromatic N) is 2. The second-order valence-corrected chi connectivity index (χ2v) is 13.6. The van der Waals surface area contributed by atoms with Crippen LogP contribution in [0.15, 0.2) is 188 Å². The van der Waals surface area contributed by atoms with Crippen LogP contribution >= 0.6 is 7.14 Å². The molecule has 0 aliphatic rings. The van der Waals surface area contributed by atoms with Gasteiger partial charge in [-0.1, -0.05) is 121 Å². The van der Waals surface area contributed by atoms with Crippen molar-refractivity contribution in [1.82, 2.24) is 4.98 Å². The Labute approximate surface area is 264 Å². The molecule has 3 nitrogen and oxygen atoms in total. The van der Waals surface area contributed by atoms with Gasteiger partial charge < -0.3 is 9.46 Å². The van der Waals surface area contributed by atoms with E-state index >= 15 is 4.57 Å². The van der Waals surface area contributed by atoms with E-state index in [0.717, 1.165) is 55.4 Å². The molecule has 7 aromatic rings. The molecular formula is C41H31N2OP. The van der Waals surface area contributed by atoms with Crippen molar-refractivity contribution in [3.05, 3.63) is 188 Å². The lowest BCUT2D eigenvalue weighted by Crippen LogP contribution is -2.25. The Morgan fingerprint density at radius 3 is 1.40 bits per heavy atom. The highest BCUT2D eigenvalue weighted by Gasteiger charge is 2.30. The fourth-order valence-electron chi connectivity index (χ4n) is 5.74. The van der Waals surface area contributed by atoms with Crippen LogP contribution in [0.4, 0.5) is 17.1 Å². The summed E-state index contributed by atoms with van der Waals surface area (Å²) < 4.78 is 15.3. The summed E-state index contributed by atoms with van der Waals surface area (Å²) >= 11 is 0. The molecule has 1 unspecified atom stereocenters. The van der Waals surface area contributed by atoms with Gasteiger partial charge in [-0.3, -0.25) is 4.98 Å². The van der Waals surface area contributed by atoms with E-state index in [1.807, 2.05) is 121 Å². The van der Waals surface area contributed by atoms with Crippen molar-refractivity contribution in [2.45, 2.75) is 0 Å². The standard InChI is InChI=1S/C41H31N2OP/c44-45(38-19-11-4-12-20-38,39-25-21-32(22-26-39)34-29-30-42-41(31-34)33-13-5-1-6-14-33)40-27-23-37(24-28-40)43(35-15-7-2-8-16-35)36-17-9-3-10-18-36/h1-31H. The lowest BCUT2D eigenvalue weighted by molar-refractivity contribution is 0.592. The number of pyridine rings is 1. The highest BCUT2D eigenvalue weighted by atomic mass is 31.2. The molecule has 1 heterocycles. The summed E-state index contributed by atoms with van der Waals surface area (Å²) in [5.74, 6) is 0. The lowest BCUT2D eigenvalue weighted by Gasteiger charge is -2.26. The van der Waals surface area contributed by atoms with Gasteiger partial charge in [0.15, 0.2) is 7.14 Å². The van der Waals surface area contributed by atoms with Crippen molar-refractivity contribution >= 4 is 40.1 Å². The van der Waals surface area contributed by atoms with Crippen molar-refractivity contribution < 1.29 is 4.57 Å². The van der Waals surface area contributed by atoms with Gasteiger partial charge in [0.1, 0.15) is 0 Å². The van der Waals surface area contributed by atoms with E-state index in [1.165, 1.54) is 0 Å². The molecule has 0 bridgehead atoms. The van der Waals surface area contributed by atoms with Crippen molar-refractivity contribution in [2.75, 3.05) is 4.90 Å². The minimum atomic E-state index is -3.17. The smallest absolute Gasteiger partial charge is 0.171 e. The normalized spacial score (nSPS) is 12.3. The fourth-order valence-corrected chi connectivity index (χ4v) is 8.36. The van der Waals surface area contributed by atoms with Crippen LogP contribution in [0.2, 0.25) is 0 Å². The summed E-state index contributed by atoms with van der Waals surface area (Å²) in [6.45, 7) is 0. The van der Waals surface area contributed by atoms with Gasteiger partial charge in [-0.05, 0) is 71.8 Å². The Bertz CT molecular complexity index is 2010. The predicted octanol–water partition coefficient (Wildman–Crippen LogP) is 9.52. The first-order chi connectivity index (χ1) is 22.2. The number of aromatic nitrogens is 1. The summed E-state index contributed by atoms with van der Waals surface area (Å²) in [7, 11) is -3.17. The molecular weight excluding hydrogens is 567 g/mol. The van der Waals surface area contributed by atoms with Crippen LogP contribution in [-0.2, 0) is 4.57 Å². The Hall–Kier alpha value is -5.50. The zero-order valence-corrected chi connectivity index (χ0v) is 25.5. The maximum atomic E-state index is 15.3. The molecule has 0 spiro atoms. The van der Waals surface area contributed by atoms with Crippen LogP contribution < -0.4 is 20.8 Å². The third-order valence-electron chi connectivity index (χ3n) is 8.01. The largest absolute Gasteiger partial charge is 0.311 e. The molecule has 0 fully saturated rings. The first-order valence-electron chi connectivity index (χ1n) is 15.0. The van der Waals surface area contributed by atoms with Gasteiger partial charge in [0.05, 0.1) is 5.69 Å². The first-order valence-corrected chi connectivity index (χ1v) is 16.7. The van der Waals surface area contributed by atoms with E-state index < -0.39 is 7.14 Å². The minimum absolute atomic E-state index is 0.793. The van der Waals surface area contributed by atoms with Crippen molar-refractivity contribution in [3.63, 3.8) is 0 Å². The molecule has 6 aromatic carbocycles. The Balaban J connectivity index is 1.27. The molecule has 216 valence electrons. The topological polar surface area (TPSA) is 33.2 Å². The highest BCUT2D eigenvalue weighted by molar-refractivity contribution is 7.85. The first kappa shape index (κ1) is 28.3. The maximum absolute atomic E-state index is 15.3. The Morgan fingerprint density at radius 1 is 0.400 bits per heavy atom. The summed E-state index contributed by atoms with van der Waals surface area (Å²) in [4.78, 5) is 6.79. The average Bonchev–Trinajstić information content (AvgIpc) is 3.13. The van der Waals surface area contributed by atoms with Crippen molar-refractivity contribution in [2.24, 2.45) is 0 Å². The molecule has 0 radical (unpaired) electrons. The SMILES string of the molecule is O=P(c1ccccc1)(c1ccc(-c2ccnc(-c3ccccc3)c2)cc1)c1ccc(N(c2ccccc2)c2ccccc2)cc1. The molecule has 4 heteroatoms. The number of hydrogen-bond acceptors (Lipinski definition) is 3. The van der Waals surface area contributed by atoms with Crippen LogP contribution in [0, 0.1) is 0 Å². The molecule has 1 atom stereocenters. The third-order valence-corrected chi connectivity index (χ3v) is 11.1. The molecule has 0 saturated heterocycles. The van der Waals surface area contributed by atoms with E-state index in [4.69, 9.17) is 0 Å². The van der Waals surface area contributed by atoms with Gasteiger partial charge in [0.2, 0.25) is 0 Å². The molecule has 45 heavy (non-hydrogen) atoms. The molecule has 0 saturated carbocycles. The molecule has 0 aliphatic carbocycles. The number of anilines is 3. The van der Waals surface area contributed by atoms with E-state index in [2.05, 4.69) is 76.6 Å². The van der Waals surface area contributed by atoms with Gasteiger partial charge in [0, 0.05) is 44.7 Å². The van der Waals surface area contributed by atoms with Gasteiger partial charge in [-0.2, -0.15) is 0 Å². The summed E-state index contributed by atoms with van der Waals surface area (Å²) in [5, 5.41) is 2.40.